The summed E-state index contributed by atoms with van der Waals surface area (Å²) >= 11 is 0. The van der Waals surface area contributed by atoms with E-state index in [2.05, 4.69) is 10.3 Å². The standard InChI is InChI=1S/C22H22N2O6/c1-26-18-8-13(9-19(27-2)22(18)28-3)21(24-20-6-4-5-7-23-20)14-10-16-17(11-15(14)25)30-12-29-16/h4-11,21,25H,12H2,1-3H3,(H,23,24)/t21-/m1/s1. The molecular formula is C22H22N2O6. The molecule has 0 radical (unpaired) electrons. The summed E-state index contributed by atoms with van der Waals surface area (Å²) in [6.45, 7) is 0.112. The van der Waals surface area contributed by atoms with E-state index in [9.17, 15) is 5.11 Å². The lowest BCUT2D eigenvalue weighted by Crippen LogP contribution is -2.14. The molecule has 2 heterocycles. The molecule has 0 fully saturated rings. The molecule has 156 valence electrons. The molecule has 1 atom stereocenters. The van der Waals surface area contributed by atoms with Gasteiger partial charge in [0.2, 0.25) is 12.5 Å². The number of fused-ring (bicyclic) bond motifs is 1. The van der Waals surface area contributed by atoms with Crippen molar-refractivity contribution < 1.29 is 28.8 Å². The van der Waals surface area contributed by atoms with Gasteiger partial charge in [0.05, 0.1) is 27.4 Å². The van der Waals surface area contributed by atoms with Crippen LogP contribution in [0, 0.1) is 0 Å². The van der Waals surface area contributed by atoms with Crippen molar-refractivity contribution in [3.63, 3.8) is 0 Å². The minimum Gasteiger partial charge on any atom is -0.507 e. The Morgan fingerprint density at radius 3 is 2.27 bits per heavy atom. The van der Waals surface area contributed by atoms with Crippen molar-refractivity contribution in [1.29, 1.82) is 0 Å². The second-order valence-corrected chi connectivity index (χ2v) is 6.52. The van der Waals surface area contributed by atoms with Crippen LogP contribution in [0.15, 0.2) is 48.7 Å². The Morgan fingerprint density at radius 2 is 1.67 bits per heavy atom. The Hall–Kier alpha value is -3.81. The molecule has 0 saturated heterocycles. The van der Waals surface area contributed by atoms with Crippen LogP contribution in [0.5, 0.6) is 34.5 Å². The monoisotopic (exact) mass is 410 g/mol. The number of nitrogens with one attached hydrogen (secondary N) is 1. The molecule has 3 aromatic rings. The fourth-order valence-electron chi connectivity index (χ4n) is 3.38. The predicted molar refractivity (Wildman–Crippen MR) is 110 cm³/mol. The highest BCUT2D eigenvalue weighted by atomic mass is 16.7. The van der Waals surface area contributed by atoms with Crippen molar-refractivity contribution >= 4 is 5.82 Å². The Balaban J connectivity index is 1.86. The molecule has 1 aromatic heterocycles. The first kappa shape index (κ1) is 19.5. The Kier molecular flexibility index (Phi) is 5.38. The van der Waals surface area contributed by atoms with Gasteiger partial charge in [-0.2, -0.15) is 0 Å². The highest BCUT2D eigenvalue weighted by Gasteiger charge is 2.26. The maximum Gasteiger partial charge on any atom is 0.231 e. The number of aromatic hydroxyl groups is 1. The summed E-state index contributed by atoms with van der Waals surface area (Å²) in [7, 11) is 4.66. The zero-order valence-electron chi connectivity index (χ0n) is 16.8. The number of hydrogen-bond donors (Lipinski definition) is 2. The number of ether oxygens (including phenoxy) is 5. The van der Waals surface area contributed by atoms with Gasteiger partial charge in [-0.05, 0) is 35.9 Å². The Labute approximate surface area is 173 Å². The predicted octanol–water partition coefficient (Wildman–Crippen LogP) is 3.74. The van der Waals surface area contributed by atoms with Gasteiger partial charge in [0.25, 0.3) is 0 Å². The van der Waals surface area contributed by atoms with E-state index in [-0.39, 0.29) is 12.5 Å². The van der Waals surface area contributed by atoms with E-state index in [1.165, 1.54) is 0 Å². The van der Waals surface area contributed by atoms with Crippen LogP contribution >= 0.6 is 0 Å². The summed E-state index contributed by atoms with van der Waals surface area (Å²) in [6.07, 6.45) is 1.69. The number of hydrogen-bond acceptors (Lipinski definition) is 8. The van der Waals surface area contributed by atoms with Crippen LogP contribution in [-0.4, -0.2) is 38.2 Å². The number of anilines is 1. The molecule has 0 amide bonds. The van der Waals surface area contributed by atoms with Gasteiger partial charge in [-0.1, -0.05) is 6.07 Å². The quantitative estimate of drug-likeness (QED) is 0.609. The highest BCUT2D eigenvalue weighted by Crippen LogP contribution is 2.45. The van der Waals surface area contributed by atoms with Gasteiger partial charge in [0, 0.05) is 17.8 Å². The lowest BCUT2D eigenvalue weighted by molar-refractivity contribution is 0.174. The lowest BCUT2D eigenvalue weighted by Gasteiger charge is -2.23. The number of methoxy groups -OCH3 is 3. The molecule has 0 unspecified atom stereocenters. The van der Waals surface area contributed by atoms with E-state index in [1.807, 2.05) is 30.3 Å². The lowest BCUT2D eigenvalue weighted by atomic mass is 9.96. The Bertz CT molecular complexity index is 1020. The Morgan fingerprint density at radius 1 is 0.967 bits per heavy atom. The van der Waals surface area contributed by atoms with Crippen LogP contribution < -0.4 is 29.0 Å². The van der Waals surface area contributed by atoms with Gasteiger partial charge >= 0.3 is 0 Å². The van der Waals surface area contributed by atoms with Crippen LogP contribution in [-0.2, 0) is 0 Å². The normalized spacial score (nSPS) is 12.9. The molecule has 1 aliphatic rings. The van der Waals surface area contributed by atoms with Gasteiger partial charge in [0.15, 0.2) is 23.0 Å². The number of benzene rings is 2. The smallest absolute Gasteiger partial charge is 0.231 e. The summed E-state index contributed by atoms with van der Waals surface area (Å²) in [6, 6.07) is 12.0. The molecule has 1 aliphatic heterocycles. The second-order valence-electron chi connectivity index (χ2n) is 6.52. The molecule has 2 aromatic carbocycles. The number of rotatable bonds is 7. The van der Waals surface area contributed by atoms with Crippen molar-refractivity contribution in [3.05, 3.63) is 59.8 Å². The van der Waals surface area contributed by atoms with Crippen molar-refractivity contribution in [2.75, 3.05) is 33.4 Å². The summed E-state index contributed by atoms with van der Waals surface area (Å²) in [4.78, 5) is 4.35. The zero-order chi connectivity index (χ0) is 21.1. The number of nitrogens with zero attached hydrogens (tertiary/aromatic N) is 1. The van der Waals surface area contributed by atoms with Gasteiger partial charge < -0.3 is 34.1 Å². The summed E-state index contributed by atoms with van der Waals surface area (Å²) in [5, 5.41) is 14.1. The van der Waals surface area contributed by atoms with Gasteiger partial charge in [0.1, 0.15) is 11.6 Å². The van der Waals surface area contributed by atoms with Crippen molar-refractivity contribution in [2.24, 2.45) is 0 Å². The number of phenols is 1. The topological polar surface area (TPSA) is 91.3 Å². The number of phenolic OH excluding ortho intramolecular Hbond substituents is 1. The average Bonchev–Trinajstić information content (AvgIpc) is 3.23. The van der Waals surface area contributed by atoms with Gasteiger partial charge in [-0.15, -0.1) is 0 Å². The SMILES string of the molecule is COc1cc([C@@H](Nc2ccccn2)c2cc3c(cc2O)OCO3)cc(OC)c1OC. The average molecular weight is 410 g/mol. The largest absolute Gasteiger partial charge is 0.507 e. The van der Waals surface area contributed by atoms with Crippen LogP contribution in [0.3, 0.4) is 0 Å². The van der Waals surface area contributed by atoms with Crippen LogP contribution in [0.1, 0.15) is 17.2 Å². The maximum absolute atomic E-state index is 10.8. The molecule has 8 nitrogen and oxygen atoms in total. The minimum absolute atomic E-state index is 0.0569. The number of aromatic nitrogens is 1. The van der Waals surface area contributed by atoms with Crippen molar-refractivity contribution in [1.82, 2.24) is 4.98 Å². The third kappa shape index (κ3) is 3.59. The maximum atomic E-state index is 10.8. The highest BCUT2D eigenvalue weighted by molar-refractivity contribution is 5.60. The molecule has 0 bridgehead atoms. The van der Waals surface area contributed by atoms with E-state index < -0.39 is 6.04 Å². The molecule has 0 spiro atoms. The van der Waals surface area contributed by atoms with Crippen molar-refractivity contribution in [2.45, 2.75) is 6.04 Å². The molecular weight excluding hydrogens is 388 g/mol. The molecule has 0 aliphatic carbocycles. The first-order valence-corrected chi connectivity index (χ1v) is 9.24. The fraction of sp³-hybridized carbons (Fsp3) is 0.227. The number of pyridine rings is 1. The summed E-state index contributed by atoms with van der Waals surface area (Å²) in [5.74, 6) is 3.23. The molecule has 2 N–H and O–H groups in total. The first-order chi connectivity index (χ1) is 14.6. The molecule has 8 heteroatoms. The van der Waals surface area contributed by atoms with Crippen LogP contribution in [0.2, 0.25) is 0 Å². The van der Waals surface area contributed by atoms with Gasteiger partial charge in [-0.25, -0.2) is 4.98 Å². The first-order valence-electron chi connectivity index (χ1n) is 9.24. The summed E-state index contributed by atoms with van der Waals surface area (Å²) in [5.41, 5.74) is 1.35. The molecule has 30 heavy (non-hydrogen) atoms. The van der Waals surface area contributed by atoms with E-state index in [0.717, 1.165) is 5.56 Å². The molecule has 4 rings (SSSR count). The van der Waals surface area contributed by atoms with E-state index in [1.54, 1.807) is 39.7 Å². The fourth-order valence-corrected chi connectivity index (χ4v) is 3.38. The third-order valence-corrected chi connectivity index (χ3v) is 4.81. The molecule has 0 saturated carbocycles. The minimum atomic E-state index is -0.497. The van der Waals surface area contributed by atoms with E-state index in [4.69, 9.17) is 23.7 Å². The van der Waals surface area contributed by atoms with Crippen LogP contribution in [0.25, 0.3) is 0 Å². The van der Waals surface area contributed by atoms with Crippen molar-refractivity contribution in [3.8, 4) is 34.5 Å². The second kappa shape index (κ2) is 8.28. The zero-order valence-corrected chi connectivity index (χ0v) is 16.8. The third-order valence-electron chi connectivity index (χ3n) is 4.81. The van der Waals surface area contributed by atoms with E-state index in [0.29, 0.717) is 40.1 Å². The van der Waals surface area contributed by atoms with Crippen LogP contribution in [0.4, 0.5) is 5.82 Å². The van der Waals surface area contributed by atoms with E-state index >= 15 is 0 Å². The summed E-state index contributed by atoms with van der Waals surface area (Å²) < 4.78 is 27.3. The van der Waals surface area contributed by atoms with Gasteiger partial charge in [-0.3, -0.25) is 0 Å².